The molecular weight excluding hydrogens is 160 g/mol. The number of hydrogen-bond donors (Lipinski definition) is 0. The Balaban J connectivity index is 2.66. The van der Waals surface area contributed by atoms with Gasteiger partial charge in [0.15, 0.2) is 0 Å². The summed E-state index contributed by atoms with van der Waals surface area (Å²) in [6.45, 7) is 10.1. The highest BCUT2D eigenvalue weighted by Gasteiger charge is 2.39. The molecule has 1 aliphatic carbocycles. The molecular formula is C12H20O. The standard InChI is InChI=1S/C12H20O/c1-5-11(13)12(4)7-6-10(8-12)9(2)3/h10H,2,5-8H2,1,3-4H3/t10-,12+/m0/s1. The van der Waals surface area contributed by atoms with Gasteiger partial charge in [-0.2, -0.15) is 0 Å². The molecule has 74 valence electrons. The molecule has 1 fully saturated rings. The fraction of sp³-hybridized carbons (Fsp3) is 0.750. The minimum Gasteiger partial charge on any atom is -0.299 e. The average molecular weight is 180 g/mol. The summed E-state index contributed by atoms with van der Waals surface area (Å²) in [6.07, 6.45) is 3.91. The summed E-state index contributed by atoms with van der Waals surface area (Å²) in [5.41, 5.74) is 1.20. The number of carbonyl (C=O) groups is 1. The van der Waals surface area contributed by atoms with E-state index in [0.717, 1.165) is 19.3 Å². The summed E-state index contributed by atoms with van der Waals surface area (Å²) in [4.78, 5) is 11.7. The van der Waals surface area contributed by atoms with Crippen LogP contribution in [0.1, 0.15) is 46.5 Å². The normalized spacial score (nSPS) is 33.3. The van der Waals surface area contributed by atoms with Crippen molar-refractivity contribution in [3.63, 3.8) is 0 Å². The van der Waals surface area contributed by atoms with Crippen molar-refractivity contribution < 1.29 is 4.79 Å². The van der Waals surface area contributed by atoms with E-state index in [2.05, 4.69) is 20.4 Å². The molecule has 0 aromatic rings. The second kappa shape index (κ2) is 3.65. The summed E-state index contributed by atoms with van der Waals surface area (Å²) in [5.74, 6) is 1.01. The first-order valence-electron chi connectivity index (χ1n) is 5.18. The van der Waals surface area contributed by atoms with Crippen molar-refractivity contribution in [1.29, 1.82) is 0 Å². The molecule has 0 aliphatic heterocycles. The van der Waals surface area contributed by atoms with E-state index in [1.54, 1.807) is 0 Å². The molecule has 0 N–H and O–H groups in total. The van der Waals surface area contributed by atoms with Gasteiger partial charge >= 0.3 is 0 Å². The van der Waals surface area contributed by atoms with Crippen molar-refractivity contribution >= 4 is 5.78 Å². The van der Waals surface area contributed by atoms with Gasteiger partial charge in [0.1, 0.15) is 5.78 Å². The molecule has 0 aromatic heterocycles. The van der Waals surface area contributed by atoms with E-state index < -0.39 is 0 Å². The molecule has 1 nitrogen and oxygen atoms in total. The molecule has 0 amide bonds. The highest BCUT2D eigenvalue weighted by Crippen LogP contribution is 2.45. The predicted octanol–water partition coefficient (Wildman–Crippen LogP) is 3.35. The Kier molecular flexibility index (Phi) is 2.94. The summed E-state index contributed by atoms with van der Waals surface area (Å²) in [6, 6.07) is 0. The van der Waals surface area contributed by atoms with Crippen LogP contribution in [0.5, 0.6) is 0 Å². The monoisotopic (exact) mass is 180 g/mol. The Bertz CT molecular complexity index is 229. The van der Waals surface area contributed by atoms with Crippen LogP contribution in [0.2, 0.25) is 0 Å². The Morgan fingerprint density at radius 2 is 2.23 bits per heavy atom. The van der Waals surface area contributed by atoms with Crippen LogP contribution in [0.3, 0.4) is 0 Å². The lowest BCUT2D eigenvalue weighted by atomic mass is 9.81. The van der Waals surface area contributed by atoms with Crippen molar-refractivity contribution in [3.05, 3.63) is 12.2 Å². The van der Waals surface area contributed by atoms with Gasteiger partial charge in [-0.05, 0) is 32.1 Å². The average Bonchev–Trinajstić information content (AvgIpc) is 2.48. The lowest BCUT2D eigenvalue weighted by molar-refractivity contribution is -0.127. The van der Waals surface area contributed by atoms with Gasteiger partial charge in [0.2, 0.25) is 0 Å². The lowest BCUT2D eigenvalue weighted by Gasteiger charge is -2.21. The fourth-order valence-corrected chi connectivity index (χ4v) is 2.34. The van der Waals surface area contributed by atoms with Crippen LogP contribution in [0.4, 0.5) is 0 Å². The van der Waals surface area contributed by atoms with Crippen molar-refractivity contribution in [1.82, 2.24) is 0 Å². The van der Waals surface area contributed by atoms with Crippen LogP contribution in [0, 0.1) is 11.3 Å². The smallest absolute Gasteiger partial charge is 0.138 e. The predicted molar refractivity (Wildman–Crippen MR) is 55.6 cm³/mol. The summed E-state index contributed by atoms with van der Waals surface area (Å²) >= 11 is 0. The third kappa shape index (κ3) is 2.01. The number of Topliss-reactive ketones (excluding diaryl/α,β-unsaturated/α-hetero) is 1. The zero-order valence-corrected chi connectivity index (χ0v) is 9.02. The van der Waals surface area contributed by atoms with Crippen LogP contribution in [0.25, 0.3) is 0 Å². The fourth-order valence-electron chi connectivity index (χ4n) is 2.34. The largest absolute Gasteiger partial charge is 0.299 e. The van der Waals surface area contributed by atoms with Gasteiger partial charge in [-0.15, -0.1) is 0 Å². The highest BCUT2D eigenvalue weighted by molar-refractivity contribution is 5.84. The molecule has 0 radical (unpaired) electrons. The highest BCUT2D eigenvalue weighted by atomic mass is 16.1. The van der Waals surface area contributed by atoms with E-state index in [1.807, 2.05) is 6.92 Å². The number of allylic oxidation sites excluding steroid dienone is 1. The molecule has 1 rings (SSSR count). The van der Waals surface area contributed by atoms with Gasteiger partial charge in [-0.3, -0.25) is 4.79 Å². The Hall–Kier alpha value is -0.590. The van der Waals surface area contributed by atoms with Gasteiger partial charge in [0.05, 0.1) is 0 Å². The molecule has 0 unspecified atom stereocenters. The number of carbonyl (C=O) groups excluding carboxylic acids is 1. The minimum atomic E-state index is -0.0433. The van der Waals surface area contributed by atoms with E-state index >= 15 is 0 Å². The zero-order chi connectivity index (χ0) is 10.1. The van der Waals surface area contributed by atoms with Crippen molar-refractivity contribution in [2.45, 2.75) is 46.5 Å². The maximum absolute atomic E-state index is 11.7. The second-order valence-electron chi connectivity index (χ2n) is 4.62. The molecule has 0 aromatic carbocycles. The topological polar surface area (TPSA) is 17.1 Å². The maximum Gasteiger partial charge on any atom is 0.138 e. The third-order valence-corrected chi connectivity index (χ3v) is 3.43. The molecule has 0 saturated heterocycles. The quantitative estimate of drug-likeness (QED) is 0.609. The Labute approximate surface area is 81.2 Å². The van der Waals surface area contributed by atoms with Gasteiger partial charge in [0.25, 0.3) is 0 Å². The van der Waals surface area contributed by atoms with Crippen molar-refractivity contribution in [2.24, 2.45) is 11.3 Å². The Morgan fingerprint density at radius 3 is 2.62 bits per heavy atom. The Morgan fingerprint density at radius 1 is 1.62 bits per heavy atom. The van der Waals surface area contributed by atoms with Crippen molar-refractivity contribution in [3.8, 4) is 0 Å². The van der Waals surface area contributed by atoms with Gasteiger partial charge in [0, 0.05) is 11.8 Å². The molecule has 0 bridgehead atoms. The molecule has 0 spiro atoms. The van der Waals surface area contributed by atoms with Crippen LogP contribution in [-0.4, -0.2) is 5.78 Å². The lowest BCUT2D eigenvalue weighted by Crippen LogP contribution is -2.23. The number of ketones is 1. The van der Waals surface area contributed by atoms with Gasteiger partial charge in [-0.1, -0.05) is 26.0 Å². The van der Waals surface area contributed by atoms with Gasteiger partial charge < -0.3 is 0 Å². The van der Waals surface area contributed by atoms with Crippen LogP contribution in [0.15, 0.2) is 12.2 Å². The van der Waals surface area contributed by atoms with Gasteiger partial charge in [-0.25, -0.2) is 0 Å². The van der Waals surface area contributed by atoms with E-state index in [-0.39, 0.29) is 5.41 Å². The van der Waals surface area contributed by atoms with Crippen LogP contribution in [-0.2, 0) is 4.79 Å². The molecule has 13 heavy (non-hydrogen) atoms. The van der Waals surface area contributed by atoms with Crippen molar-refractivity contribution in [2.75, 3.05) is 0 Å². The molecule has 1 heteroatoms. The van der Waals surface area contributed by atoms with Crippen LogP contribution < -0.4 is 0 Å². The summed E-state index contributed by atoms with van der Waals surface area (Å²) in [5, 5.41) is 0. The summed E-state index contributed by atoms with van der Waals surface area (Å²) < 4.78 is 0. The summed E-state index contributed by atoms with van der Waals surface area (Å²) in [7, 11) is 0. The number of hydrogen-bond acceptors (Lipinski definition) is 1. The molecule has 0 heterocycles. The SMILES string of the molecule is C=C(C)[C@H]1CC[C@@](C)(C(=O)CC)C1. The maximum atomic E-state index is 11.7. The van der Waals surface area contributed by atoms with E-state index in [1.165, 1.54) is 5.57 Å². The van der Waals surface area contributed by atoms with E-state index in [9.17, 15) is 4.79 Å². The van der Waals surface area contributed by atoms with E-state index in [4.69, 9.17) is 0 Å². The zero-order valence-electron chi connectivity index (χ0n) is 9.02. The van der Waals surface area contributed by atoms with Crippen LogP contribution >= 0.6 is 0 Å². The third-order valence-electron chi connectivity index (χ3n) is 3.43. The molecule has 2 atom stereocenters. The number of rotatable bonds is 3. The first-order chi connectivity index (χ1) is 5.99. The minimum absolute atomic E-state index is 0.0433. The van der Waals surface area contributed by atoms with E-state index in [0.29, 0.717) is 18.1 Å². The first kappa shape index (κ1) is 10.5. The first-order valence-corrected chi connectivity index (χ1v) is 5.18. The second-order valence-corrected chi connectivity index (χ2v) is 4.62. The molecule has 1 aliphatic rings. The molecule has 1 saturated carbocycles.